The Morgan fingerprint density at radius 1 is 1.44 bits per heavy atom. The van der Waals surface area contributed by atoms with E-state index in [1.807, 2.05) is 23.9 Å². The van der Waals surface area contributed by atoms with Gasteiger partial charge >= 0.3 is 0 Å². The van der Waals surface area contributed by atoms with Crippen LogP contribution in [-0.2, 0) is 6.42 Å². The van der Waals surface area contributed by atoms with Gasteiger partial charge in [0, 0.05) is 11.3 Å². The van der Waals surface area contributed by atoms with E-state index in [0.717, 1.165) is 12.2 Å². The molecule has 0 radical (unpaired) electrons. The fourth-order valence-electron chi connectivity index (χ4n) is 2.49. The van der Waals surface area contributed by atoms with E-state index >= 15 is 0 Å². The predicted octanol–water partition coefficient (Wildman–Crippen LogP) is 2.36. The molecule has 2 unspecified atom stereocenters. The fourth-order valence-corrected chi connectivity index (χ4v) is 3.90. The second-order valence-electron chi connectivity index (χ2n) is 4.69. The summed E-state index contributed by atoms with van der Waals surface area (Å²) in [6.07, 6.45) is 4.85. The van der Waals surface area contributed by atoms with Crippen molar-refractivity contribution in [2.24, 2.45) is 5.84 Å². The molecule has 0 saturated carbocycles. The number of thioether (sulfide) groups is 1. The molecule has 3 nitrogen and oxygen atoms in total. The Morgan fingerprint density at radius 2 is 2.28 bits per heavy atom. The molecule has 1 saturated heterocycles. The van der Waals surface area contributed by atoms with Crippen LogP contribution in [0.2, 0.25) is 0 Å². The van der Waals surface area contributed by atoms with E-state index in [9.17, 15) is 0 Å². The summed E-state index contributed by atoms with van der Waals surface area (Å²) in [4.78, 5) is 0. The number of rotatable bonds is 5. The maximum atomic E-state index is 5.74. The van der Waals surface area contributed by atoms with Crippen LogP contribution in [0.15, 0.2) is 24.3 Å². The quantitative estimate of drug-likeness (QED) is 0.634. The molecule has 2 atom stereocenters. The largest absolute Gasteiger partial charge is 0.496 e. The molecule has 0 aliphatic carbocycles. The molecule has 4 heteroatoms. The maximum Gasteiger partial charge on any atom is 0.122 e. The molecule has 18 heavy (non-hydrogen) atoms. The van der Waals surface area contributed by atoms with Crippen LogP contribution in [0, 0.1) is 0 Å². The Bertz CT molecular complexity index is 367. The second kappa shape index (κ2) is 7.02. The highest BCUT2D eigenvalue weighted by molar-refractivity contribution is 8.00. The third kappa shape index (κ3) is 3.40. The van der Waals surface area contributed by atoms with E-state index in [0.29, 0.717) is 11.3 Å². The first-order valence-electron chi connectivity index (χ1n) is 6.54. The van der Waals surface area contributed by atoms with Crippen LogP contribution >= 0.6 is 11.8 Å². The van der Waals surface area contributed by atoms with Crippen molar-refractivity contribution in [3.05, 3.63) is 29.8 Å². The van der Waals surface area contributed by atoms with Crippen LogP contribution in [0.4, 0.5) is 0 Å². The molecule has 1 fully saturated rings. The Balaban J connectivity index is 2.04. The van der Waals surface area contributed by atoms with Crippen molar-refractivity contribution in [1.29, 1.82) is 0 Å². The van der Waals surface area contributed by atoms with Crippen molar-refractivity contribution in [1.82, 2.24) is 5.43 Å². The van der Waals surface area contributed by atoms with Gasteiger partial charge in [-0.05, 0) is 36.6 Å². The van der Waals surface area contributed by atoms with E-state index < -0.39 is 0 Å². The zero-order valence-electron chi connectivity index (χ0n) is 10.9. The number of benzene rings is 1. The number of nitrogens with one attached hydrogen (secondary N) is 1. The van der Waals surface area contributed by atoms with Crippen LogP contribution in [0.25, 0.3) is 0 Å². The zero-order valence-corrected chi connectivity index (χ0v) is 11.7. The van der Waals surface area contributed by atoms with Crippen LogP contribution in [0.5, 0.6) is 5.75 Å². The Hall–Kier alpha value is -0.710. The van der Waals surface area contributed by atoms with E-state index in [1.54, 1.807) is 7.11 Å². The fraction of sp³-hybridized carbons (Fsp3) is 0.571. The van der Waals surface area contributed by atoms with Crippen molar-refractivity contribution < 1.29 is 4.74 Å². The average Bonchev–Trinajstić information content (AvgIpc) is 2.46. The molecule has 2 rings (SSSR count). The number of hydrogen-bond acceptors (Lipinski definition) is 4. The lowest BCUT2D eigenvalue weighted by molar-refractivity contribution is 0.402. The van der Waals surface area contributed by atoms with E-state index in [-0.39, 0.29) is 0 Å². The lowest BCUT2D eigenvalue weighted by atomic mass is 9.99. The number of methoxy groups -OCH3 is 1. The molecule has 1 aromatic carbocycles. The molecule has 0 spiro atoms. The van der Waals surface area contributed by atoms with Crippen LogP contribution < -0.4 is 16.0 Å². The van der Waals surface area contributed by atoms with Crippen molar-refractivity contribution in [2.75, 3.05) is 12.9 Å². The highest BCUT2D eigenvalue weighted by atomic mass is 32.2. The van der Waals surface area contributed by atoms with Gasteiger partial charge in [0.1, 0.15) is 5.75 Å². The van der Waals surface area contributed by atoms with Gasteiger partial charge in [0.2, 0.25) is 0 Å². The summed E-state index contributed by atoms with van der Waals surface area (Å²) in [6.45, 7) is 0. The Kier molecular flexibility index (Phi) is 5.35. The molecule has 1 aromatic rings. The number of ether oxygens (including phenoxy) is 1. The molecule has 1 heterocycles. The van der Waals surface area contributed by atoms with Gasteiger partial charge in [-0.2, -0.15) is 11.8 Å². The van der Waals surface area contributed by atoms with Crippen molar-refractivity contribution >= 4 is 11.8 Å². The lowest BCUT2D eigenvalue weighted by Gasteiger charge is -2.29. The number of hydrazine groups is 1. The van der Waals surface area contributed by atoms with Crippen molar-refractivity contribution in [3.63, 3.8) is 0 Å². The second-order valence-corrected chi connectivity index (χ2v) is 6.04. The van der Waals surface area contributed by atoms with E-state index in [2.05, 4.69) is 17.6 Å². The summed E-state index contributed by atoms with van der Waals surface area (Å²) in [5.41, 5.74) is 4.23. The predicted molar refractivity (Wildman–Crippen MR) is 77.9 cm³/mol. The molecule has 1 aliphatic heterocycles. The first kappa shape index (κ1) is 13.7. The van der Waals surface area contributed by atoms with Gasteiger partial charge in [0.05, 0.1) is 7.11 Å². The SMILES string of the molecule is COc1ccccc1CC(NN)C1CCCCS1. The van der Waals surface area contributed by atoms with Crippen molar-refractivity contribution in [3.8, 4) is 5.75 Å². The third-order valence-corrected chi connectivity index (χ3v) is 5.03. The monoisotopic (exact) mass is 266 g/mol. The molecular formula is C14H22N2OS. The van der Waals surface area contributed by atoms with Gasteiger partial charge in [-0.3, -0.25) is 11.3 Å². The minimum absolute atomic E-state index is 0.326. The summed E-state index contributed by atoms with van der Waals surface area (Å²) >= 11 is 2.05. The standard InChI is InChI=1S/C14H22N2OS/c1-17-13-7-3-2-6-11(13)10-12(16-15)14-8-4-5-9-18-14/h2-3,6-7,12,14,16H,4-5,8-10,15H2,1H3. The molecule has 0 aromatic heterocycles. The zero-order chi connectivity index (χ0) is 12.8. The number of nitrogens with two attached hydrogens (primary N) is 1. The van der Waals surface area contributed by atoms with Crippen LogP contribution in [0.3, 0.4) is 0 Å². The molecular weight excluding hydrogens is 244 g/mol. The van der Waals surface area contributed by atoms with Gasteiger partial charge in [-0.25, -0.2) is 0 Å². The third-order valence-electron chi connectivity index (χ3n) is 3.51. The summed E-state index contributed by atoms with van der Waals surface area (Å²) in [7, 11) is 1.72. The Morgan fingerprint density at radius 3 is 2.94 bits per heavy atom. The maximum absolute atomic E-state index is 5.74. The number of para-hydroxylation sites is 1. The van der Waals surface area contributed by atoms with E-state index in [4.69, 9.17) is 10.6 Å². The van der Waals surface area contributed by atoms with Gasteiger partial charge in [-0.1, -0.05) is 24.6 Å². The summed E-state index contributed by atoms with van der Waals surface area (Å²) < 4.78 is 5.40. The lowest BCUT2D eigenvalue weighted by Crippen LogP contribution is -2.45. The van der Waals surface area contributed by atoms with Gasteiger partial charge in [-0.15, -0.1) is 0 Å². The topological polar surface area (TPSA) is 47.3 Å². The van der Waals surface area contributed by atoms with Gasteiger partial charge < -0.3 is 4.74 Å². The molecule has 3 N–H and O–H groups in total. The normalized spacial score (nSPS) is 21.6. The minimum Gasteiger partial charge on any atom is -0.496 e. The van der Waals surface area contributed by atoms with Gasteiger partial charge in [0.15, 0.2) is 0 Å². The summed E-state index contributed by atoms with van der Waals surface area (Å²) in [6, 6.07) is 8.52. The number of hydrogen-bond donors (Lipinski definition) is 2. The van der Waals surface area contributed by atoms with E-state index in [1.165, 1.54) is 30.6 Å². The summed E-state index contributed by atoms with van der Waals surface area (Å²) in [5.74, 6) is 7.95. The first-order valence-corrected chi connectivity index (χ1v) is 7.59. The highest BCUT2D eigenvalue weighted by Gasteiger charge is 2.24. The average molecular weight is 266 g/mol. The molecule has 0 amide bonds. The smallest absolute Gasteiger partial charge is 0.122 e. The molecule has 100 valence electrons. The minimum atomic E-state index is 0.326. The highest BCUT2D eigenvalue weighted by Crippen LogP contribution is 2.30. The molecule has 0 bridgehead atoms. The molecule has 1 aliphatic rings. The van der Waals surface area contributed by atoms with Crippen LogP contribution in [0.1, 0.15) is 24.8 Å². The van der Waals surface area contributed by atoms with Crippen LogP contribution in [-0.4, -0.2) is 24.2 Å². The first-order chi connectivity index (χ1) is 8.85. The van der Waals surface area contributed by atoms with Crippen molar-refractivity contribution in [2.45, 2.75) is 37.0 Å². The Labute approximate surface area is 113 Å². The van der Waals surface area contributed by atoms with Gasteiger partial charge in [0.25, 0.3) is 0 Å². The summed E-state index contributed by atoms with van der Waals surface area (Å²) in [5, 5.41) is 0.619.